The van der Waals surface area contributed by atoms with E-state index in [1.165, 1.54) is 31.2 Å². The molecule has 0 saturated carbocycles. The molecular weight excluding hydrogens is 214 g/mol. The average molecular weight is 231 g/mol. The van der Waals surface area contributed by atoms with Gasteiger partial charge in [0.15, 0.2) is 0 Å². The van der Waals surface area contributed by atoms with E-state index >= 15 is 0 Å². The lowest BCUT2D eigenvalue weighted by molar-refractivity contribution is 0.0697. The first-order valence-electron chi connectivity index (χ1n) is 6.32. The zero-order valence-electron chi connectivity index (χ0n) is 9.80. The summed E-state index contributed by atoms with van der Waals surface area (Å²) in [5, 5.41) is 8.84. The molecule has 2 saturated heterocycles. The van der Waals surface area contributed by atoms with Crippen LogP contribution in [0, 0.1) is 0 Å². The Morgan fingerprint density at radius 3 is 2.12 bits per heavy atom. The van der Waals surface area contributed by atoms with Gasteiger partial charge in [-0.15, -0.1) is 0 Å². The van der Waals surface area contributed by atoms with Gasteiger partial charge in [0.05, 0.1) is 5.56 Å². The third-order valence-corrected chi connectivity index (χ3v) is 4.17. The molecule has 0 atom stereocenters. The van der Waals surface area contributed by atoms with Gasteiger partial charge in [0.1, 0.15) is 0 Å². The first-order chi connectivity index (χ1) is 8.24. The zero-order chi connectivity index (χ0) is 11.8. The van der Waals surface area contributed by atoms with Crippen molar-refractivity contribution in [3.05, 3.63) is 35.4 Å². The highest BCUT2D eigenvalue weighted by molar-refractivity contribution is 5.87. The summed E-state index contributed by atoms with van der Waals surface area (Å²) in [5.41, 5.74) is 1.60. The number of aromatic carboxylic acids is 1. The van der Waals surface area contributed by atoms with Gasteiger partial charge >= 0.3 is 5.97 Å². The molecule has 1 N–H and O–H groups in total. The molecule has 0 aliphatic carbocycles. The molecule has 0 amide bonds. The summed E-state index contributed by atoms with van der Waals surface area (Å²) in [6.45, 7) is 0.981. The summed E-state index contributed by atoms with van der Waals surface area (Å²) in [6, 6.07) is 8.85. The van der Waals surface area contributed by atoms with E-state index in [1.54, 1.807) is 12.1 Å². The molecule has 0 radical (unpaired) electrons. The molecule has 2 bridgehead atoms. The summed E-state index contributed by atoms with van der Waals surface area (Å²) in [6.07, 6.45) is 5.38. The highest BCUT2D eigenvalue weighted by Gasteiger charge is 2.38. The molecule has 1 aromatic carbocycles. The van der Waals surface area contributed by atoms with Gasteiger partial charge in [-0.2, -0.15) is 0 Å². The van der Waals surface area contributed by atoms with Crippen molar-refractivity contribution in [1.82, 2.24) is 4.90 Å². The lowest BCUT2D eigenvalue weighted by Crippen LogP contribution is -2.27. The van der Waals surface area contributed by atoms with Gasteiger partial charge in [0, 0.05) is 18.6 Å². The molecule has 2 fully saturated rings. The second-order valence-corrected chi connectivity index (χ2v) is 5.14. The Morgan fingerprint density at radius 2 is 1.65 bits per heavy atom. The van der Waals surface area contributed by atoms with Crippen molar-refractivity contribution in [2.24, 2.45) is 0 Å². The fraction of sp³-hybridized carbons (Fsp3) is 0.500. The van der Waals surface area contributed by atoms with Crippen molar-refractivity contribution >= 4 is 5.97 Å². The van der Waals surface area contributed by atoms with Gasteiger partial charge < -0.3 is 5.11 Å². The Morgan fingerprint density at radius 1 is 1.12 bits per heavy atom. The minimum atomic E-state index is -0.849. The SMILES string of the molecule is O=C(O)c1ccc(CN2C3CCC2CC3)cc1. The van der Waals surface area contributed by atoms with Crippen molar-refractivity contribution in [3.8, 4) is 0 Å². The molecular formula is C14H17NO2. The predicted molar refractivity (Wildman–Crippen MR) is 65.0 cm³/mol. The Balaban J connectivity index is 1.71. The van der Waals surface area contributed by atoms with E-state index < -0.39 is 5.97 Å². The fourth-order valence-electron chi connectivity index (χ4n) is 3.24. The Labute approximate surface area is 101 Å². The van der Waals surface area contributed by atoms with Crippen molar-refractivity contribution in [1.29, 1.82) is 0 Å². The molecule has 0 unspecified atom stereocenters. The number of carboxylic acid groups (broad SMARTS) is 1. The number of hydrogen-bond acceptors (Lipinski definition) is 2. The summed E-state index contributed by atoms with van der Waals surface area (Å²) in [5.74, 6) is -0.849. The van der Waals surface area contributed by atoms with E-state index in [2.05, 4.69) is 4.90 Å². The predicted octanol–water partition coefficient (Wildman–Crippen LogP) is 2.51. The fourth-order valence-corrected chi connectivity index (χ4v) is 3.24. The number of carboxylic acids is 1. The summed E-state index contributed by atoms with van der Waals surface area (Å²) < 4.78 is 0. The lowest BCUT2D eigenvalue weighted by atomic mass is 10.0. The number of benzene rings is 1. The molecule has 17 heavy (non-hydrogen) atoms. The zero-order valence-corrected chi connectivity index (χ0v) is 9.80. The third kappa shape index (κ3) is 1.95. The minimum absolute atomic E-state index is 0.373. The Kier molecular flexibility index (Phi) is 2.63. The molecule has 3 nitrogen and oxygen atoms in total. The first-order valence-corrected chi connectivity index (χ1v) is 6.32. The molecule has 1 aromatic rings. The maximum absolute atomic E-state index is 10.8. The van der Waals surface area contributed by atoms with E-state index in [0.29, 0.717) is 5.56 Å². The number of hydrogen-bond donors (Lipinski definition) is 1. The molecule has 3 rings (SSSR count). The van der Waals surface area contributed by atoms with Crippen LogP contribution in [-0.2, 0) is 6.54 Å². The molecule has 2 heterocycles. The van der Waals surface area contributed by atoms with E-state index in [4.69, 9.17) is 5.11 Å². The standard InChI is InChI=1S/C14H17NO2/c16-14(17)11-3-1-10(2-4-11)9-15-12-5-6-13(15)8-7-12/h1-4,12-13H,5-9H2,(H,16,17). The van der Waals surface area contributed by atoms with Crippen LogP contribution < -0.4 is 0 Å². The van der Waals surface area contributed by atoms with Crippen molar-refractivity contribution in [2.75, 3.05) is 0 Å². The molecule has 90 valence electrons. The molecule has 0 aromatic heterocycles. The molecule has 3 heteroatoms. The Bertz CT molecular complexity index is 406. The highest BCUT2D eigenvalue weighted by Crippen LogP contribution is 2.38. The second kappa shape index (κ2) is 4.15. The average Bonchev–Trinajstić information content (AvgIpc) is 2.90. The second-order valence-electron chi connectivity index (χ2n) is 5.14. The summed E-state index contributed by atoms with van der Waals surface area (Å²) in [4.78, 5) is 13.4. The van der Waals surface area contributed by atoms with E-state index in [0.717, 1.165) is 18.6 Å². The van der Waals surface area contributed by atoms with Crippen molar-refractivity contribution in [2.45, 2.75) is 44.3 Å². The van der Waals surface area contributed by atoms with Crippen LogP contribution in [0.1, 0.15) is 41.6 Å². The Hall–Kier alpha value is -1.35. The largest absolute Gasteiger partial charge is 0.478 e. The monoisotopic (exact) mass is 231 g/mol. The van der Waals surface area contributed by atoms with Gasteiger partial charge in [-0.3, -0.25) is 4.90 Å². The van der Waals surface area contributed by atoms with Crippen LogP contribution in [0.5, 0.6) is 0 Å². The molecule has 2 aliphatic heterocycles. The van der Waals surface area contributed by atoms with Crippen LogP contribution in [0.3, 0.4) is 0 Å². The quantitative estimate of drug-likeness (QED) is 0.869. The van der Waals surface area contributed by atoms with Gasteiger partial charge in [-0.1, -0.05) is 12.1 Å². The number of fused-ring (bicyclic) bond motifs is 2. The molecule has 0 spiro atoms. The highest BCUT2D eigenvalue weighted by atomic mass is 16.4. The van der Waals surface area contributed by atoms with Gasteiger partial charge in [0.2, 0.25) is 0 Å². The van der Waals surface area contributed by atoms with Crippen LogP contribution >= 0.6 is 0 Å². The van der Waals surface area contributed by atoms with Crippen LogP contribution in [0.2, 0.25) is 0 Å². The first kappa shape index (κ1) is 10.8. The maximum Gasteiger partial charge on any atom is 0.335 e. The van der Waals surface area contributed by atoms with Gasteiger partial charge in [0.25, 0.3) is 0 Å². The summed E-state index contributed by atoms with van der Waals surface area (Å²) in [7, 11) is 0. The van der Waals surface area contributed by atoms with Crippen molar-refractivity contribution < 1.29 is 9.90 Å². The number of rotatable bonds is 3. The normalized spacial score (nSPS) is 27.5. The maximum atomic E-state index is 10.8. The lowest BCUT2D eigenvalue weighted by Gasteiger charge is -2.21. The van der Waals surface area contributed by atoms with Crippen molar-refractivity contribution in [3.63, 3.8) is 0 Å². The van der Waals surface area contributed by atoms with Crippen LogP contribution in [0.4, 0.5) is 0 Å². The minimum Gasteiger partial charge on any atom is -0.478 e. The smallest absolute Gasteiger partial charge is 0.335 e. The van der Waals surface area contributed by atoms with E-state index in [1.807, 2.05) is 12.1 Å². The number of carbonyl (C=O) groups is 1. The third-order valence-electron chi connectivity index (χ3n) is 4.17. The van der Waals surface area contributed by atoms with Crippen LogP contribution in [0.25, 0.3) is 0 Å². The van der Waals surface area contributed by atoms with Crippen LogP contribution in [-0.4, -0.2) is 28.1 Å². The van der Waals surface area contributed by atoms with Crippen LogP contribution in [0.15, 0.2) is 24.3 Å². The van der Waals surface area contributed by atoms with E-state index in [-0.39, 0.29) is 0 Å². The van der Waals surface area contributed by atoms with E-state index in [9.17, 15) is 4.79 Å². The summed E-state index contributed by atoms with van der Waals surface area (Å²) >= 11 is 0. The topological polar surface area (TPSA) is 40.5 Å². The van der Waals surface area contributed by atoms with Gasteiger partial charge in [-0.25, -0.2) is 4.79 Å². The van der Waals surface area contributed by atoms with Gasteiger partial charge in [-0.05, 0) is 43.4 Å². The number of nitrogens with zero attached hydrogens (tertiary/aromatic N) is 1. The molecule has 2 aliphatic rings.